The van der Waals surface area contributed by atoms with Crippen LogP contribution in [0.2, 0.25) is 0 Å². The van der Waals surface area contributed by atoms with E-state index in [-0.39, 0.29) is 23.9 Å². The Morgan fingerprint density at radius 3 is 2.69 bits per heavy atom. The van der Waals surface area contributed by atoms with Gasteiger partial charge in [0.1, 0.15) is 17.3 Å². The van der Waals surface area contributed by atoms with Crippen molar-refractivity contribution in [3.05, 3.63) is 48.5 Å². The van der Waals surface area contributed by atoms with Gasteiger partial charge in [0.15, 0.2) is 0 Å². The van der Waals surface area contributed by atoms with Crippen molar-refractivity contribution in [2.24, 2.45) is 5.41 Å². The number of likely N-dealkylation sites (tertiary alicyclic amines) is 1. The first kappa shape index (κ1) is 21.2. The third-order valence-electron chi connectivity index (χ3n) is 7.36. The zero-order chi connectivity index (χ0) is 22.1. The molecule has 3 aliphatic rings. The summed E-state index contributed by atoms with van der Waals surface area (Å²) in [6, 6.07) is 8.70. The number of amides is 1. The number of nitrogens with zero attached hydrogens (tertiary/aromatic N) is 3. The van der Waals surface area contributed by atoms with Crippen molar-refractivity contribution in [1.82, 2.24) is 9.88 Å². The van der Waals surface area contributed by atoms with Crippen LogP contribution in [-0.2, 0) is 4.79 Å². The number of hydrogen-bond donors (Lipinski definition) is 1. The second-order valence-electron chi connectivity index (χ2n) is 9.42. The maximum absolute atomic E-state index is 15.1. The first-order chi connectivity index (χ1) is 15.5. The predicted molar refractivity (Wildman–Crippen MR) is 119 cm³/mol. The van der Waals surface area contributed by atoms with Crippen LogP contribution in [0, 0.1) is 11.2 Å². The number of ether oxygens (including phenoxy) is 1. The molecule has 0 bridgehead atoms. The fraction of sp³-hybridized carbons (Fsp3) is 0.520. The van der Waals surface area contributed by atoms with Gasteiger partial charge in [-0.1, -0.05) is 0 Å². The number of pyridine rings is 1. The second kappa shape index (κ2) is 8.70. The highest BCUT2D eigenvalue weighted by molar-refractivity contribution is 5.86. The van der Waals surface area contributed by atoms with Gasteiger partial charge < -0.3 is 19.6 Å². The molecule has 3 heterocycles. The molecule has 3 fully saturated rings. The van der Waals surface area contributed by atoms with E-state index in [9.17, 15) is 9.90 Å². The lowest BCUT2D eigenvalue weighted by molar-refractivity contribution is -0.139. The fourth-order valence-electron chi connectivity index (χ4n) is 5.63. The summed E-state index contributed by atoms with van der Waals surface area (Å²) in [6.45, 7) is 2.07. The van der Waals surface area contributed by atoms with E-state index < -0.39 is 5.41 Å². The van der Waals surface area contributed by atoms with E-state index in [4.69, 9.17) is 4.74 Å². The molecule has 6 nitrogen and oxygen atoms in total. The largest absolute Gasteiger partial charge is 0.456 e. The molecule has 32 heavy (non-hydrogen) atoms. The van der Waals surface area contributed by atoms with Gasteiger partial charge in [-0.15, -0.1) is 0 Å². The third-order valence-corrected chi connectivity index (χ3v) is 7.36. The zero-order valence-corrected chi connectivity index (χ0v) is 18.3. The molecular weight excluding hydrogens is 409 g/mol. The summed E-state index contributed by atoms with van der Waals surface area (Å²) in [4.78, 5) is 21.6. The molecule has 2 saturated heterocycles. The maximum Gasteiger partial charge on any atom is 0.230 e. The molecule has 0 unspecified atom stereocenters. The molecule has 170 valence electrons. The Morgan fingerprint density at radius 2 is 1.94 bits per heavy atom. The fourth-order valence-corrected chi connectivity index (χ4v) is 5.63. The normalized spacial score (nSPS) is 28.4. The van der Waals surface area contributed by atoms with E-state index in [1.165, 1.54) is 6.07 Å². The highest BCUT2D eigenvalue weighted by atomic mass is 19.1. The monoisotopic (exact) mass is 439 g/mol. The zero-order valence-electron chi connectivity index (χ0n) is 18.3. The molecule has 2 aromatic rings. The Labute approximate surface area is 188 Å². The van der Waals surface area contributed by atoms with Crippen LogP contribution in [0.4, 0.5) is 10.1 Å². The summed E-state index contributed by atoms with van der Waals surface area (Å²) in [5.74, 6) is 0.865. The Kier molecular flexibility index (Phi) is 5.76. The van der Waals surface area contributed by atoms with Gasteiger partial charge in [-0.3, -0.25) is 9.78 Å². The quantitative estimate of drug-likeness (QED) is 0.776. The van der Waals surface area contributed by atoms with Crippen molar-refractivity contribution < 1.29 is 19.0 Å². The number of aliphatic hydroxyl groups is 1. The number of halogens is 1. The van der Waals surface area contributed by atoms with E-state index >= 15 is 4.39 Å². The van der Waals surface area contributed by atoms with Gasteiger partial charge >= 0.3 is 0 Å². The molecule has 1 aromatic carbocycles. The van der Waals surface area contributed by atoms with Gasteiger partial charge in [0, 0.05) is 37.9 Å². The van der Waals surface area contributed by atoms with Crippen molar-refractivity contribution in [2.75, 3.05) is 24.5 Å². The second-order valence-corrected chi connectivity index (χ2v) is 9.42. The summed E-state index contributed by atoms with van der Waals surface area (Å²) in [5, 5.41) is 9.81. The average molecular weight is 440 g/mol. The van der Waals surface area contributed by atoms with E-state index in [0.717, 1.165) is 58.0 Å². The van der Waals surface area contributed by atoms with Crippen molar-refractivity contribution in [3.8, 4) is 11.5 Å². The lowest BCUT2D eigenvalue weighted by atomic mass is 9.78. The van der Waals surface area contributed by atoms with Crippen LogP contribution >= 0.6 is 0 Å². The van der Waals surface area contributed by atoms with Gasteiger partial charge in [0.25, 0.3) is 0 Å². The summed E-state index contributed by atoms with van der Waals surface area (Å²) < 4.78 is 20.8. The number of anilines is 1. The SMILES string of the molecule is O=C1N(C2CCC(O)CC2)CC[C@]12CCCN(c1ccc(Oc3cccnc3)cc1F)C2. The van der Waals surface area contributed by atoms with E-state index in [0.29, 0.717) is 23.7 Å². The Morgan fingerprint density at radius 1 is 1.09 bits per heavy atom. The first-order valence-corrected chi connectivity index (χ1v) is 11.7. The van der Waals surface area contributed by atoms with Crippen LogP contribution in [0.15, 0.2) is 42.7 Å². The number of aromatic nitrogens is 1. The molecule has 1 aliphatic carbocycles. The number of piperidine rings is 1. The Balaban J connectivity index is 1.29. The number of benzene rings is 1. The molecule has 1 N–H and O–H groups in total. The van der Waals surface area contributed by atoms with Gasteiger partial charge in [0.2, 0.25) is 5.91 Å². The molecule has 1 aromatic heterocycles. The molecule has 0 radical (unpaired) electrons. The van der Waals surface area contributed by atoms with Crippen molar-refractivity contribution in [2.45, 2.75) is 57.1 Å². The minimum atomic E-state index is -0.425. The topological polar surface area (TPSA) is 65.9 Å². The number of rotatable bonds is 4. The number of aliphatic hydroxyl groups excluding tert-OH is 1. The predicted octanol–water partition coefficient (Wildman–Crippen LogP) is 4.14. The minimum Gasteiger partial charge on any atom is -0.456 e. The molecule has 2 aliphatic heterocycles. The lowest BCUT2D eigenvalue weighted by Crippen LogP contribution is -2.50. The van der Waals surface area contributed by atoms with E-state index in [2.05, 4.69) is 9.88 Å². The van der Waals surface area contributed by atoms with Gasteiger partial charge in [-0.2, -0.15) is 0 Å². The van der Waals surface area contributed by atoms with Crippen LogP contribution in [0.3, 0.4) is 0 Å². The van der Waals surface area contributed by atoms with E-state index in [1.54, 1.807) is 36.7 Å². The highest BCUT2D eigenvalue weighted by Crippen LogP contribution is 2.44. The van der Waals surface area contributed by atoms with Crippen LogP contribution in [0.25, 0.3) is 0 Å². The summed E-state index contributed by atoms with van der Waals surface area (Å²) in [7, 11) is 0. The maximum atomic E-state index is 15.1. The van der Waals surface area contributed by atoms with Crippen molar-refractivity contribution in [1.29, 1.82) is 0 Å². The molecular formula is C25H30FN3O3. The molecule has 7 heteroatoms. The van der Waals surface area contributed by atoms with Gasteiger partial charge in [0.05, 0.1) is 23.4 Å². The molecule has 1 atom stereocenters. The van der Waals surface area contributed by atoms with Crippen LogP contribution in [-0.4, -0.2) is 52.7 Å². The van der Waals surface area contributed by atoms with Gasteiger partial charge in [-0.05, 0) is 69.2 Å². The molecule has 1 saturated carbocycles. The Bertz CT molecular complexity index is 964. The summed E-state index contributed by atoms with van der Waals surface area (Å²) in [6.07, 6.45) is 8.87. The minimum absolute atomic E-state index is 0.223. The van der Waals surface area contributed by atoms with Crippen molar-refractivity contribution in [3.63, 3.8) is 0 Å². The summed E-state index contributed by atoms with van der Waals surface area (Å²) in [5.41, 5.74) is 0.0979. The third kappa shape index (κ3) is 4.06. The molecule has 5 rings (SSSR count). The highest BCUT2D eigenvalue weighted by Gasteiger charge is 2.50. The number of carbonyl (C=O) groups is 1. The molecule has 1 amide bonds. The summed E-state index contributed by atoms with van der Waals surface area (Å²) >= 11 is 0. The smallest absolute Gasteiger partial charge is 0.230 e. The van der Waals surface area contributed by atoms with Gasteiger partial charge in [-0.25, -0.2) is 4.39 Å². The van der Waals surface area contributed by atoms with Crippen LogP contribution in [0.5, 0.6) is 11.5 Å². The number of carbonyl (C=O) groups excluding carboxylic acids is 1. The van der Waals surface area contributed by atoms with Crippen LogP contribution in [0.1, 0.15) is 44.9 Å². The molecule has 1 spiro atoms. The van der Waals surface area contributed by atoms with Crippen LogP contribution < -0.4 is 9.64 Å². The standard InChI is InChI=1S/C25H30FN3O3/c26-22-15-20(32-21-3-1-12-27-16-21)8-9-23(22)28-13-2-10-25(17-28)11-14-29(24(25)31)18-4-6-19(30)7-5-18/h1,3,8-9,12,15-16,18-19,30H,2,4-7,10-11,13-14,17H2/t18?,19?,25-/m0/s1. The Hall–Kier alpha value is -2.67. The van der Waals surface area contributed by atoms with E-state index in [1.807, 2.05) is 4.90 Å². The average Bonchev–Trinajstić information content (AvgIpc) is 3.10. The van der Waals surface area contributed by atoms with Crippen molar-refractivity contribution >= 4 is 11.6 Å². The lowest BCUT2D eigenvalue weighted by Gasteiger charge is -2.41. The number of hydrogen-bond acceptors (Lipinski definition) is 5. The first-order valence-electron chi connectivity index (χ1n) is 11.7.